The van der Waals surface area contributed by atoms with Gasteiger partial charge in [-0.25, -0.2) is 4.68 Å². The predicted octanol–water partition coefficient (Wildman–Crippen LogP) is 0.817. The summed E-state index contributed by atoms with van der Waals surface area (Å²) >= 11 is 0. The highest BCUT2D eigenvalue weighted by Gasteiger charge is 2.18. The molecule has 76 valence electrons. The first-order valence-electron chi connectivity index (χ1n) is 5.10. The summed E-state index contributed by atoms with van der Waals surface area (Å²) in [5.74, 6) is 0. The molecule has 1 saturated carbocycles. The Kier molecular flexibility index (Phi) is 2.63. The van der Waals surface area contributed by atoms with Gasteiger partial charge in [0.05, 0.1) is 11.7 Å². The number of hydrogen-bond acceptors (Lipinski definition) is 3. The van der Waals surface area contributed by atoms with Crippen LogP contribution in [0.1, 0.15) is 37.4 Å². The van der Waals surface area contributed by atoms with Crippen LogP contribution in [0.3, 0.4) is 0 Å². The number of nitrogens with two attached hydrogens (primary N) is 1. The minimum atomic E-state index is -0.00546. The lowest BCUT2D eigenvalue weighted by Gasteiger charge is -2.12. The highest BCUT2D eigenvalue weighted by Crippen LogP contribution is 2.27. The van der Waals surface area contributed by atoms with E-state index in [1.165, 1.54) is 12.8 Å². The van der Waals surface area contributed by atoms with Gasteiger partial charge in [-0.2, -0.15) is 5.10 Å². The molecule has 2 N–H and O–H groups in total. The topological polar surface area (TPSA) is 60.9 Å². The molecule has 4 heteroatoms. The summed E-state index contributed by atoms with van der Waals surface area (Å²) in [6.07, 6.45) is 4.54. The maximum Gasteiger partial charge on any atom is 0.267 e. The second-order valence-electron chi connectivity index (χ2n) is 3.75. The van der Waals surface area contributed by atoms with E-state index in [1.54, 1.807) is 16.8 Å². The van der Waals surface area contributed by atoms with Gasteiger partial charge in [0.25, 0.3) is 5.56 Å². The summed E-state index contributed by atoms with van der Waals surface area (Å²) in [6, 6.07) is 3.57. The van der Waals surface area contributed by atoms with Crippen molar-refractivity contribution in [2.75, 3.05) is 0 Å². The summed E-state index contributed by atoms with van der Waals surface area (Å²) < 4.78 is 1.61. The maximum atomic E-state index is 11.5. The van der Waals surface area contributed by atoms with Crippen molar-refractivity contribution in [2.24, 2.45) is 5.73 Å². The molecule has 0 bridgehead atoms. The summed E-state index contributed by atoms with van der Waals surface area (Å²) in [6.45, 7) is 0.396. The van der Waals surface area contributed by atoms with Gasteiger partial charge in [0.2, 0.25) is 0 Å². The van der Waals surface area contributed by atoms with Crippen LogP contribution in [-0.4, -0.2) is 9.78 Å². The van der Waals surface area contributed by atoms with E-state index < -0.39 is 0 Å². The first-order chi connectivity index (χ1) is 6.81. The molecule has 1 fully saturated rings. The zero-order valence-electron chi connectivity index (χ0n) is 8.15. The third kappa shape index (κ3) is 1.70. The van der Waals surface area contributed by atoms with Crippen LogP contribution < -0.4 is 11.3 Å². The smallest absolute Gasteiger partial charge is 0.267 e. The lowest BCUT2D eigenvalue weighted by atomic mass is 10.2. The van der Waals surface area contributed by atoms with E-state index in [9.17, 15) is 4.79 Å². The van der Waals surface area contributed by atoms with Crippen molar-refractivity contribution >= 4 is 0 Å². The average Bonchev–Trinajstić information content (AvgIpc) is 2.71. The minimum absolute atomic E-state index is 0.00546. The molecule has 0 saturated heterocycles. The van der Waals surface area contributed by atoms with Gasteiger partial charge in [0.1, 0.15) is 0 Å². The Balaban J connectivity index is 2.34. The fraction of sp³-hybridized carbons (Fsp3) is 0.600. The Bertz CT molecular complexity index is 366. The van der Waals surface area contributed by atoms with Crippen molar-refractivity contribution in [2.45, 2.75) is 38.3 Å². The second kappa shape index (κ2) is 3.92. The Morgan fingerprint density at radius 2 is 2.14 bits per heavy atom. The van der Waals surface area contributed by atoms with Crippen LogP contribution in [-0.2, 0) is 6.54 Å². The lowest BCUT2D eigenvalue weighted by molar-refractivity contribution is 0.437. The van der Waals surface area contributed by atoms with Gasteiger partial charge in [-0.15, -0.1) is 0 Å². The summed E-state index contributed by atoms with van der Waals surface area (Å²) in [5, 5.41) is 4.25. The van der Waals surface area contributed by atoms with Gasteiger partial charge >= 0.3 is 0 Å². The zero-order valence-corrected chi connectivity index (χ0v) is 8.15. The molecular weight excluding hydrogens is 178 g/mol. The van der Waals surface area contributed by atoms with Crippen molar-refractivity contribution in [3.05, 3.63) is 28.2 Å². The molecule has 0 radical (unpaired) electrons. The third-order valence-electron chi connectivity index (χ3n) is 2.76. The molecule has 0 unspecified atom stereocenters. The second-order valence-corrected chi connectivity index (χ2v) is 3.75. The van der Waals surface area contributed by atoms with Crippen LogP contribution in [0.5, 0.6) is 0 Å². The molecule has 2 rings (SSSR count). The van der Waals surface area contributed by atoms with Gasteiger partial charge in [-0.3, -0.25) is 4.79 Å². The van der Waals surface area contributed by atoms with E-state index in [0.29, 0.717) is 12.6 Å². The van der Waals surface area contributed by atoms with Gasteiger partial charge in [-0.05, 0) is 18.9 Å². The molecule has 1 aliphatic carbocycles. The molecule has 0 amide bonds. The molecule has 4 nitrogen and oxygen atoms in total. The lowest BCUT2D eigenvalue weighted by Crippen LogP contribution is -2.26. The van der Waals surface area contributed by atoms with E-state index in [0.717, 1.165) is 18.5 Å². The number of aromatic nitrogens is 2. The molecule has 1 aliphatic rings. The van der Waals surface area contributed by atoms with Crippen molar-refractivity contribution < 1.29 is 0 Å². The molecule has 0 aliphatic heterocycles. The average molecular weight is 193 g/mol. The first-order valence-corrected chi connectivity index (χ1v) is 5.10. The van der Waals surface area contributed by atoms with Crippen LogP contribution in [0, 0.1) is 0 Å². The van der Waals surface area contributed by atoms with Gasteiger partial charge in [0, 0.05) is 12.6 Å². The Labute approximate surface area is 82.7 Å². The third-order valence-corrected chi connectivity index (χ3v) is 2.76. The van der Waals surface area contributed by atoms with Crippen molar-refractivity contribution in [1.29, 1.82) is 0 Å². The predicted molar refractivity (Wildman–Crippen MR) is 53.9 cm³/mol. The molecule has 1 aromatic rings. The molecule has 14 heavy (non-hydrogen) atoms. The van der Waals surface area contributed by atoms with E-state index >= 15 is 0 Å². The first kappa shape index (κ1) is 9.40. The summed E-state index contributed by atoms with van der Waals surface area (Å²) in [7, 11) is 0. The van der Waals surface area contributed by atoms with Crippen molar-refractivity contribution in [3.8, 4) is 0 Å². The Morgan fingerprint density at radius 1 is 1.43 bits per heavy atom. The fourth-order valence-electron chi connectivity index (χ4n) is 1.98. The number of nitrogens with zero attached hydrogens (tertiary/aromatic N) is 2. The SMILES string of the molecule is NCc1ccc(=O)n(C2CCCC2)n1. The molecule has 1 heterocycles. The normalized spacial score (nSPS) is 17.5. The quantitative estimate of drug-likeness (QED) is 0.756. The van der Waals surface area contributed by atoms with E-state index in [2.05, 4.69) is 5.10 Å². The Hall–Kier alpha value is -1.16. The van der Waals surface area contributed by atoms with Gasteiger partial charge < -0.3 is 5.73 Å². The zero-order chi connectivity index (χ0) is 9.97. The van der Waals surface area contributed by atoms with Gasteiger partial charge in [-0.1, -0.05) is 12.8 Å². The highest BCUT2D eigenvalue weighted by molar-refractivity contribution is 5.00. The molecule has 0 atom stereocenters. The maximum absolute atomic E-state index is 11.5. The monoisotopic (exact) mass is 193 g/mol. The minimum Gasteiger partial charge on any atom is -0.325 e. The van der Waals surface area contributed by atoms with Crippen LogP contribution in [0.2, 0.25) is 0 Å². The van der Waals surface area contributed by atoms with Crippen LogP contribution in [0.25, 0.3) is 0 Å². The molecular formula is C10H15N3O. The van der Waals surface area contributed by atoms with E-state index in [4.69, 9.17) is 5.73 Å². The number of rotatable bonds is 2. The molecule has 0 spiro atoms. The van der Waals surface area contributed by atoms with Crippen molar-refractivity contribution in [1.82, 2.24) is 9.78 Å². The van der Waals surface area contributed by atoms with Crippen molar-refractivity contribution in [3.63, 3.8) is 0 Å². The standard InChI is InChI=1S/C10H15N3O/c11-7-8-5-6-10(14)13(12-8)9-3-1-2-4-9/h5-6,9H,1-4,7,11H2. The fourth-order valence-corrected chi connectivity index (χ4v) is 1.98. The van der Waals surface area contributed by atoms with E-state index in [-0.39, 0.29) is 5.56 Å². The highest BCUT2D eigenvalue weighted by atomic mass is 16.1. The van der Waals surface area contributed by atoms with Gasteiger partial charge in [0.15, 0.2) is 0 Å². The largest absolute Gasteiger partial charge is 0.325 e. The summed E-state index contributed by atoms with van der Waals surface area (Å²) in [5.41, 5.74) is 6.27. The van der Waals surface area contributed by atoms with Crippen LogP contribution in [0.4, 0.5) is 0 Å². The van der Waals surface area contributed by atoms with E-state index in [1.807, 2.05) is 0 Å². The van der Waals surface area contributed by atoms with Crippen LogP contribution >= 0.6 is 0 Å². The summed E-state index contributed by atoms with van der Waals surface area (Å²) in [4.78, 5) is 11.5. The van der Waals surface area contributed by atoms with Crippen LogP contribution in [0.15, 0.2) is 16.9 Å². The molecule has 1 aromatic heterocycles. The molecule has 0 aromatic carbocycles. The number of hydrogen-bond donors (Lipinski definition) is 1. The Morgan fingerprint density at radius 3 is 2.79 bits per heavy atom.